The van der Waals surface area contributed by atoms with Gasteiger partial charge in [0.2, 0.25) is 0 Å². The molecular formula is C24H26N2O6. The third kappa shape index (κ3) is 4.60. The number of carboxylic acid groups (broad SMARTS) is 1. The Kier molecular flexibility index (Phi) is 6.41. The van der Waals surface area contributed by atoms with E-state index in [1.54, 1.807) is 0 Å². The summed E-state index contributed by atoms with van der Waals surface area (Å²) in [5.41, 5.74) is 4.62. The molecule has 2 aromatic carbocycles. The van der Waals surface area contributed by atoms with Crippen molar-refractivity contribution in [3.63, 3.8) is 0 Å². The highest BCUT2D eigenvalue weighted by molar-refractivity contribution is 5.84. The fourth-order valence-corrected chi connectivity index (χ4v) is 4.41. The van der Waals surface area contributed by atoms with E-state index in [0.29, 0.717) is 12.8 Å². The van der Waals surface area contributed by atoms with Crippen molar-refractivity contribution < 1.29 is 29.0 Å². The number of aliphatic carboxylic acids is 1. The topological polar surface area (TPSA) is 105 Å². The van der Waals surface area contributed by atoms with Crippen LogP contribution in [-0.2, 0) is 19.1 Å². The van der Waals surface area contributed by atoms with Gasteiger partial charge in [0.1, 0.15) is 19.3 Å². The van der Waals surface area contributed by atoms with Crippen LogP contribution in [0.1, 0.15) is 29.9 Å². The molecule has 2 aromatic rings. The maximum Gasteiger partial charge on any atom is 0.407 e. The molecule has 1 fully saturated rings. The summed E-state index contributed by atoms with van der Waals surface area (Å²) < 4.78 is 11.2. The number of ether oxygens (including phenoxy) is 2. The van der Waals surface area contributed by atoms with E-state index in [-0.39, 0.29) is 37.6 Å². The molecule has 32 heavy (non-hydrogen) atoms. The Morgan fingerprint density at radius 2 is 1.69 bits per heavy atom. The van der Waals surface area contributed by atoms with Crippen LogP contribution >= 0.6 is 0 Å². The van der Waals surface area contributed by atoms with Crippen molar-refractivity contribution in [2.75, 3.05) is 26.7 Å². The fourth-order valence-electron chi connectivity index (χ4n) is 4.41. The summed E-state index contributed by atoms with van der Waals surface area (Å²) in [6, 6.07) is 16.3. The highest BCUT2D eigenvalue weighted by Crippen LogP contribution is 2.44. The van der Waals surface area contributed by atoms with Crippen molar-refractivity contribution in [2.45, 2.75) is 31.0 Å². The second kappa shape index (κ2) is 9.40. The van der Waals surface area contributed by atoms with Crippen LogP contribution in [0.5, 0.6) is 0 Å². The molecular weight excluding hydrogens is 412 g/mol. The van der Waals surface area contributed by atoms with Gasteiger partial charge >= 0.3 is 12.1 Å². The van der Waals surface area contributed by atoms with Gasteiger partial charge in [-0.25, -0.2) is 4.79 Å². The number of benzene rings is 2. The number of nitrogens with one attached hydrogen (secondary N) is 1. The molecule has 0 spiro atoms. The minimum absolute atomic E-state index is 0.0114. The minimum atomic E-state index is -1.08. The van der Waals surface area contributed by atoms with Crippen LogP contribution < -0.4 is 5.32 Å². The summed E-state index contributed by atoms with van der Waals surface area (Å²) in [4.78, 5) is 36.4. The smallest absolute Gasteiger partial charge is 0.407 e. The number of carbonyl (C=O) groups excluding carboxylic acids is 2. The van der Waals surface area contributed by atoms with Crippen molar-refractivity contribution in [3.8, 4) is 11.1 Å². The molecule has 2 aliphatic rings. The lowest BCUT2D eigenvalue weighted by molar-refractivity contribution is -0.148. The molecule has 2 amide bonds. The second-order valence-electron chi connectivity index (χ2n) is 8.12. The van der Waals surface area contributed by atoms with Gasteiger partial charge in [-0.1, -0.05) is 48.5 Å². The average molecular weight is 438 g/mol. The highest BCUT2D eigenvalue weighted by atomic mass is 16.5. The monoisotopic (exact) mass is 438 g/mol. The normalized spacial score (nSPS) is 19.2. The molecule has 0 bridgehead atoms. The molecule has 0 aromatic heterocycles. The van der Waals surface area contributed by atoms with E-state index in [4.69, 9.17) is 14.6 Å². The van der Waals surface area contributed by atoms with E-state index < -0.39 is 18.2 Å². The van der Waals surface area contributed by atoms with Crippen LogP contribution in [0.2, 0.25) is 0 Å². The van der Waals surface area contributed by atoms with Gasteiger partial charge in [-0.2, -0.15) is 0 Å². The van der Waals surface area contributed by atoms with Gasteiger partial charge < -0.3 is 24.8 Å². The first-order valence-electron chi connectivity index (χ1n) is 10.6. The van der Waals surface area contributed by atoms with Crippen LogP contribution in [-0.4, -0.2) is 66.9 Å². The van der Waals surface area contributed by atoms with Crippen LogP contribution in [0.15, 0.2) is 48.5 Å². The number of hydrogen-bond donors (Lipinski definition) is 2. The van der Waals surface area contributed by atoms with Gasteiger partial charge in [0.15, 0.2) is 0 Å². The summed E-state index contributed by atoms with van der Waals surface area (Å²) in [5, 5.41) is 11.5. The zero-order valence-electron chi connectivity index (χ0n) is 17.8. The van der Waals surface area contributed by atoms with E-state index in [0.717, 1.165) is 16.0 Å². The molecule has 1 aliphatic heterocycles. The first-order chi connectivity index (χ1) is 15.4. The number of amides is 2. The predicted molar refractivity (Wildman–Crippen MR) is 116 cm³/mol. The first-order valence-corrected chi connectivity index (χ1v) is 10.6. The molecule has 1 aliphatic carbocycles. The molecule has 1 saturated heterocycles. The summed E-state index contributed by atoms with van der Waals surface area (Å²) in [6.07, 6.45) is -0.453. The van der Waals surface area contributed by atoms with Gasteiger partial charge in [0.05, 0.1) is 6.10 Å². The van der Waals surface area contributed by atoms with Gasteiger partial charge in [0, 0.05) is 19.5 Å². The molecule has 0 saturated carbocycles. The Morgan fingerprint density at radius 1 is 1.06 bits per heavy atom. The maximum absolute atomic E-state index is 12.3. The Morgan fingerprint density at radius 3 is 2.31 bits per heavy atom. The highest BCUT2D eigenvalue weighted by Gasteiger charge is 2.33. The number of likely N-dealkylation sites (N-methyl/N-ethyl adjacent to an activating group) is 1. The zero-order valence-corrected chi connectivity index (χ0v) is 17.8. The first kappa shape index (κ1) is 21.8. The molecule has 1 heterocycles. The number of alkyl carbamates (subject to hydrolysis) is 1. The Balaban J connectivity index is 1.26. The van der Waals surface area contributed by atoms with E-state index >= 15 is 0 Å². The van der Waals surface area contributed by atoms with E-state index in [2.05, 4.69) is 29.6 Å². The lowest BCUT2D eigenvalue weighted by atomic mass is 9.98. The molecule has 2 N–H and O–H groups in total. The SMILES string of the molecule is CN(CC(=O)O)C(=O)C1CCC(CNC(=O)OCC2c3ccccc3-c3ccccc32)O1. The van der Waals surface area contributed by atoms with Crippen LogP contribution in [0.25, 0.3) is 11.1 Å². The van der Waals surface area contributed by atoms with Gasteiger partial charge in [-0.3, -0.25) is 9.59 Å². The third-order valence-electron chi connectivity index (χ3n) is 5.95. The molecule has 4 rings (SSSR count). The van der Waals surface area contributed by atoms with E-state index in [1.165, 1.54) is 18.2 Å². The standard InChI is InChI=1S/C24H26N2O6/c1-26(13-22(27)28)23(29)21-11-10-15(32-21)12-25-24(30)31-14-20-18-8-4-2-6-16(18)17-7-3-5-9-19(17)20/h2-9,15,20-21H,10-14H2,1H3,(H,25,30)(H,27,28). The van der Waals surface area contributed by atoms with Crippen molar-refractivity contribution in [1.82, 2.24) is 10.2 Å². The Bertz CT molecular complexity index is 978. The molecule has 0 radical (unpaired) electrons. The minimum Gasteiger partial charge on any atom is -0.480 e. The number of nitrogens with zero attached hydrogens (tertiary/aromatic N) is 1. The number of hydrogen-bond acceptors (Lipinski definition) is 5. The Labute approximate surface area is 186 Å². The number of rotatable bonds is 7. The van der Waals surface area contributed by atoms with Crippen LogP contribution in [0.3, 0.4) is 0 Å². The van der Waals surface area contributed by atoms with E-state index in [9.17, 15) is 14.4 Å². The predicted octanol–water partition coefficient (Wildman–Crippen LogP) is 2.62. The van der Waals surface area contributed by atoms with Crippen LogP contribution in [0, 0.1) is 0 Å². The Hall–Kier alpha value is -3.39. The van der Waals surface area contributed by atoms with Crippen molar-refractivity contribution >= 4 is 18.0 Å². The number of carbonyl (C=O) groups is 3. The summed E-state index contributed by atoms with van der Waals surface area (Å²) in [5.74, 6) is -1.45. The van der Waals surface area contributed by atoms with Gasteiger partial charge in [0.25, 0.3) is 5.91 Å². The average Bonchev–Trinajstić information content (AvgIpc) is 3.38. The fraction of sp³-hybridized carbons (Fsp3) is 0.375. The second-order valence-corrected chi connectivity index (χ2v) is 8.12. The summed E-state index contributed by atoms with van der Waals surface area (Å²) in [6.45, 7) is 0.0803. The molecule has 168 valence electrons. The lowest BCUT2D eigenvalue weighted by Crippen LogP contribution is -2.40. The van der Waals surface area contributed by atoms with Crippen molar-refractivity contribution in [1.29, 1.82) is 0 Å². The largest absolute Gasteiger partial charge is 0.480 e. The third-order valence-corrected chi connectivity index (χ3v) is 5.95. The van der Waals surface area contributed by atoms with E-state index in [1.807, 2.05) is 24.3 Å². The molecule has 2 atom stereocenters. The molecule has 8 heteroatoms. The molecule has 8 nitrogen and oxygen atoms in total. The van der Waals surface area contributed by atoms with Gasteiger partial charge in [-0.15, -0.1) is 0 Å². The summed E-state index contributed by atoms with van der Waals surface area (Å²) >= 11 is 0. The van der Waals surface area contributed by atoms with Crippen LogP contribution in [0.4, 0.5) is 4.79 Å². The quantitative estimate of drug-likeness (QED) is 0.689. The van der Waals surface area contributed by atoms with Crippen molar-refractivity contribution in [3.05, 3.63) is 59.7 Å². The van der Waals surface area contributed by atoms with Gasteiger partial charge in [-0.05, 0) is 35.1 Å². The summed E-state index contributed by atoms with van der Waals surface area (Å²) in [7, 11) is 1.43. The zero-order chi connectivity index (χ0) is 22.7. The molecule has 2 unspecified atom stereocenters. The lowest BCUT2D eigenvalue weighted by Gasteiger charge is -2.20. The maximum atomic E-state index is 12.3. The van der Waals surface area contributed by atoms with Crippen molar-refractivity contribution in [2.24, 2.45) is 0 Å². The number of fused-ring (bicyclic) bond motifs is 3. The number of carboxylic acids is 1.